The van der Waals surface area contributed by atoms with E-state index in [-0.39, 0.29) is 26.9 Å². The van der Waals surface area contributed by atoms with Crippen LogP contribution < -0.4 is 4.74 Å². The van der Waals surface area contributed by atoms with Crippen molar-refractivity contribution < 1.29 is 27.8 Å². The van der Waals surface area contributed by atoms with Gasteiger partial charge in [-0.2, -0.15) is 0 Å². The van der Waals surface area contributed by atoms with Crippen LogP contribution in [0.2, 0.25) is 10.0 Å². The standard InChI is InChI=1S/C15H12Cl2F3NO3/c16-8-5-7(24-15(18,19)20)6-9(17)11(8)12-13(22)10-3-1-2-4-21(10)14(12)23/h5-6,10,22H,1-4H2. The molecular weight excluding hydrogens is 370 g/mol. The van der Waals surface area contributed by atoms with Gasteiger partial charge >= 0.3 is 6.36 Å². The highest BCUT2D eigenvalue weighted by molar-refractivity contribution is 6.41. The number of alkyl halides is 3. The summed E-state index contributed by atoms with van der Waals surface area (Å²) in [6.45, 7) is 0.502. The van der Waals surface area contributed by atoms with Gasteiger partial charge in [0.05, 0.1) is 21.7 Å². The lowest BCUT2D eigenvalue weighted by Crippen LogP contribution is -2.39. The normalized spacial score (nSPS) is 21.3. The fourth-order valence-electron chi connectivity index (χ4n) is 3.09. The summed E-state index contributed by atoms with van der Waals surface area (Å²) in [5.74, 6) is -1.16. The Morgan fingerprint density at radius 3 is 2.38 bits per heavy atom. The molecule has 1 aromatic carbocycles. The number of amides is 1. The maximum absolute atomic E-state index is 12.5. The first-order valence-electron chi connectivity index (χ1n) is 7.18. The molecule has 1 saturated heterocycles. The highest BCUT2D eigenvalue weighted by Crippen LogP contribution is 2.43. The number of hydrogen-bond acceptors (Lipinski definition) is 3. The van der Waals surface area contributed by atoms with Crippen molar-refractivity contribution in [2.75, 3.05) is 6.54 Å². The number of rotatable bonds is 2. The molecule has 9 heteroatoms. The molecule has 0 spiro atoms. The number of fused-ring (bicyclic) bond motifs is 1. The second-order valence-corrected chi connectivity index (χ2v) is 6.39. The van der Waals surface area contributed by atoms with Crippen LogP contribution in [0.1, 0.15) is 24.8 Å². The van der Waals surface area contributed by atoms with Crippen molar-refractivity contribution in [3.05, 3.63) is 33.5 Å². The number of hydrogen-bond donors (Lipinski definition) is 1. The first-order chi connectivity index (χ1) is 11.2. The SMILES string of the molecule is O=C1C(c2c(Cl)cc(OC(F)(F)F)cc2Cl)=C(O)C2CCCCN12. The molecule has 0 bridgehead atoms. The molecule has 1 unspecified atom stereocenters. The monoisotopic (exact) mass is 381 g/mol. The Hall–Kier alpha value is -1.60. The summed E-state index contributed by atoms with van der Waals surface area (Å²) >= 11 is 12.0. The first kappa shape index (κ1) is 17.2. The molecule has 0 aromatic heterocycles. The lowest BCUT2D eigenvalue weighted by atomic mass is 10.0. The lowest BCUT2D eigenvalue weighted by molar-refractivity contribution is -0.274. The number of nitrogens with zero attached hydrogens (tertiary/aromatic N) is 1. The smallest absolute Gasteiger partial charge is 0.509 e. The molecule has 4 nitrogen and oxygen atoms in total. The van der Waals surface area contributed by atoms with Crippen LogP contribution in [-0.4, -0.2) is 34.9 Å². The number of aliphatic hydroxyl groups is 1. The third-order valence-electron chi connectivity index (χ3n) is 4.05. The largest absolute Gasteiger partial charge is 0.573 e. The molecule has 24 heavy (non-hydrogen) atoms. The zero-order chi connectivity index (χ0) is 17.6. The Morgan fingerprint density at radius 2 is 1.83 bits per heavy atom. The summed E-state index contributed by atoms with van der Waals surface area (Å²) in [4.78, 5) is 14.1. The molecule has 1 atom stereocenters. The molecule has 0 aliphatic carbocycles. The van der Waals surface area contributed by atoms with Crippen molar-refractivity contribution in [2.24, 2.45) is 0 Å². The van der Waals surface area contributed by atoms with Gasteiger partial charge in [-0.3, -0.25) is 4.79 Å². The minimum absolute atomic E-state index is 0.0183. The Balaban J connectivity index is 2.03. The maximum atomic E-state index is 12.5. The van der Waals surface area contributed by atoms with Gasteiger partial charge in [0.15, 0.2) is 0 Å². The molecule has 1 aromatic rings. The molecule has 1 fully saturated rings. The van der Waals surface area contributed by atoms with Crippen LogP contribution in [0.3, 0.4) is 0 Å². The Bertz CT molecular complexity index is 710. The molecule has 3 rings (SSSR count). The van der Waals surface area contributed by atoms with E-state index in [4.69, 9.17) is 23.2 Å². The van der Waals surface area contributed by atoms with Crippen molar-refractivity contribution in [1.82, 2.24) is 4.90 Å². The van der Waals surface area contributed by atoms with Gasteiger partial charge in [0.1, 0.15) is 11.5 Å². The van der Waals surface area contributed by atoms with Crippen molar-refractivity contribution in [3.8, 4) is 5.75 Å². The average Bonchev–Trinajstić information content (AvgIpc) is 2.71. The van der Waals surface area contributed by atoms with Crippen LogP contribution in [0, 0.1) is 0 Å². The van der Waals surface area contributed by atoms with E-state index < -0.39 is 24.1 Å². The van der Waals surface area contributed by atoms with E-state index in [1.54, 1.807) is 0 Å². The van der Waals surface area contributed by atoms with Gasteiger partial charge in [-0.1, -0.05) is 23.2 Å². The zero-order valence-electron chi connectivity index (χ0n) is 12.2. The van der Waals surface area contributed by atoms with Crippen LogP contribution >= 0.6 is 23.2 Å². The minimum Gasteiger partial charge on any atom is -0.509 e. The predicted molar refractivity (Wildman–Crippen MR) is 82.0 cm³/mol. The summed E-state index contributed by atoms with van der Waals surface area (Å²) in [6, 6.07) is 1.40. The van der Waals surface area contributed by atoms with E-state index in [0.717, 1.165) is 25.0 Å². The van der Waals surface area contributed by atoms with Gasteiger partial charge in [0.25, 0.3) is 5.91 Å². The fourth-order valence-corrected chi connectivity index (χ4v) is 3.75. The summed E-state index contributed by atoms with van der Waals surface area (Å²) in [5.41, 5.74) is -0.0415. The summed E-state index contributed by atoms with van der Waals surface area (Å²) in [5, 5.41) is 10.0. The molecular formula is C15H12Cl2F3NO3. The summed E-state index contributed by atoms with van der Waals surface area (Å²) in [6.07, 6.45) is -2.58. The molecule has 2 aliphatic heterocycles. The van der Waals surface area contributed by atoms with Crippen molar-refractivity contribution >= 4 is 34.7 Å². The number of halogens is 5. The molecule has 0 radical (unpaired) electrons. The molecule has 2 heterocycles. The number of piperidine rings is 1. The number of benzene rings is 1. The third-order valence-corrected chi connectivity index (χ3v) is 4.64. The molecule has 2 aliphatic rings. The number of carbonyl (C=O) groups is 1. The molecule has 1 N–H and O–H groups in total. The Morgan fingerprint density at radius 1 is 1.21 bits per heavy atom. The van der Waals surface area contributed by atoms with E-state index >= 15 is 0 Å². The van der Waals surface area contributed by atoms with Gasteiger partial charge in [0.2, 0.25) is 0 Å². The number of carbonyl (C=O) groups excluding carboxylic acids is 1. The third kappa shape index (κ3) is 3.02. The predicted octanol–water partition coefficient (Wildman–Crippen LogP) is 4.56. The minimum atomic E-state index is -4.89. The van der Waals surface area contributed by atoms with Crippen molar-refractivity contribution in [3.63, 3.8) is 0 Å². The first-order valence-corrected chi connectivity index (χ1v) is 7.94. The van der Waals surface area contributed by atoms with Gasteiger partial charge in [0, 0.05) is 12.1 Å². The van der Waals surface area contributed by atoms with E-state index in [1.165, 1.54) is 4.90 Å². The van der Waals surface area contributed by atoms with Crippen LogP contribution in [0.15, 0.2) is 17.9 Å². The molecule has 130 valence electrons. The number of aliphatic hydroxyl groups excluding tert-OH is 1. The second-order valence-electron chi connectivity index (χ2n) is 5.58. The second kappa shape index (κ2) is 6.04. The maximum Gasteiger partial charge on any atom is 0.573 e. The van der Waals surface area contributed by atoms with Gasteiger partial charge in [-0.25, -0.2) is 0 Å². The van der Waals surface area contributed by atoms with Crippen LogP contribution in [0.4, 0.5) is 13.2 Å². The van der Waals surface area contributed by atoms with Gasteiger partial charge < -0.3 is 14.7 Å². The highest BCUT2D eigenvalue weighted by Gasteiger charge is 2.42. The fraction of sp³-hybridized carbons (Fsp3) is 0.400. The topological polar surface area (TPSA) is 49.8 Å². The summed E-state index contributed by atoms with van der Waals surface area (Å²) < 4.78 is 40.7. The highest BCUT2D eigenvalue weighted by atomic mass is 35.5. The zero-order valence-corrected chi connectivity index (χ0v) is 13.7. The van der Waals surface area contributed by atoms with Gasteiger partial charge in [-0.15, -0.1) is 13.2 Å². The lowest BCUT2D eigenvalue weighted by Gasteiger charge is -2.29. The van der Waals surface area contributed by atoms with E-state index in [9.17, 15) is 23.1 Å². The van der Waals surface area contributed by atoms with Crippen LogP contribution in [0.25, 0.3) is 5.57 Å². The van der Waals surface area contributed by atoms with E-state index in [0.29, 0.717) is 13.0 Å². The van der Waals surface area contributed by atoms with Crippen molar-refractivity contribution in [1.29, 1.82) is 0 Å². The quantitative estimate of drug-likeness (QED) is 0.816. The van der Waals surface area contributed by atoms with Crippen LogP contribution in [-0.2, 0) is 4.79 Å². The average molecular weight is 382 g/mol. The van der Waals surface area contributed by atoms with Crippen LogP contribution in [0.5, 0.6) is 5.75 Å². The number of ether oxygens (including phenoxy) is 1. The van der Waals surface area contributed by atoms with E-state index in [1.807, 2.05) is 0 Å². The van der Waals surface area contributed by atoms with Crippen molar-refractivity contribution in [2.45, 2.75) is 31.7 Å². The molecule has 0 saturated carbocycles. The molecule has 1 amide bonds. The van der Waals surface area contributed by atoms with E-state index in [2.05, 4.69) is 4.74 Å². The Kier molecular flexibility index (Phi) is 4.34. The summed E-state index contributed by atoms with van der Waals surface area (Å²) in [7, 11) is 0. The Labute approximate surface area is 145 Å². The van der Waals surface area contributed by atoms with Gasteiger partial charge in [-0.05, 0) is 31.4 Å².